The molecule has 274 valence electrons. The zero-order valence-corrected chi connectivity index (χ0v) is 32.0. The fourth-order valence-electron chi connectivity index (χ4n) is 9.05. The third kappa shape index (κ3) is 5.83. The van der Waals surface area contributed by atoms with E-state index in [1.54, 1.807) is 0 Å². The van der Waals surface area contributed by atoms with Crippen molar-refractivity contribution >= 4 is 21.9 Å². The molecule has 0 amide bonds. The normalized spacial score (nSPS) is 14.6. The van der Waals surface area contributed by atoms with Gasteiger partial charge in [0.25, 0.3) is 0 Å². The van der Waals surface area contributed by atoms with Gasteiger partial charge in [0, 0.05) is 38.9 Å². The Bertz CT molecular complexity index is 3060. The van der Waals surface area contributed by atoms with E-state index < -0.39 is 0 Å². The van der Waals surface area contributed by atoms with Crippen LogP contribution in [0, 0.1) is 0 Å². The molecule has 0 spiro atoms. The molecule has 0 fully saturated rings. The lowest BCUT2D eigenvalue weighted by Crippen LogP contribution is -2.17. The first-order valence-corrected chi connectivity index (χ1v) is 20.0. The summed E-state index contributed by atoms with van der Waals surface area (Å²) >= 11 is 0. The van der Waals surface area contributed by atoms with Crippen molar-refractivity contribution in [1.29, 1.82) is 0 Å². The minimum absolute atomic E-state index is 0.246. The van der Waals surface area contributed by atoms with Crippen molar-refractivity contribution < 1.29 is 4.42 Å². The van der Waals surface area contributed by atoms with Crippen molar-refractivity contribution in [3.8, 4) is 67.3 Å². The molecule has 11 rings (SSSR count). The Morgan fingerprint density at radius 2 is 0.983 bits per heavy atom. The number of fused-ring (bicyclic) bond motifs is 7. The maximum Gasteiger partial charge on any atom is 0.160 e. The first-order valence-electron chi connectivity index (χ1n) is 20.0. The molecule has 8 aromatic carbocycles. The molecule has 0 radical (unpaired) electrons. The Balaban J connectivity index is 0.952. The Morgan fingerprint density at radius 3 is 1.72 bits per heavy atom. The van der Waals surface area contributed by atoms with Gasteiger partial charge in [-0.05, 0) is 74.7 Å². The van der Waals surface area contributed by atoms with Crippen molar-refractivity contribution in [1.82, 2.24) is 9.97 Å². The van der Waals surface area contributed by atoms with E-state index in [0.29, 0.717) is 11.7 Å². The number of aromatic nitrogens is 2. The summed E-state index contributed by atoms with van der Waals surface area (Å²) in [5.41, 5.74) is 17.9. The van der Waals surface area contributed by atoms with Crippen molar-refractivity contribution in [2.24, 2.45) is 0 Å². The van der Waals surface area contributed by atoms with Crippen LogP contribution in [0.3, 0.4) is 0 Å². The van der Waals surface area contributed by atoms with Gasteiger partial charge in [-0.2, -0.15) is 0 Å². The summed E-state index contributed by atoms with van der Waals surface area (Å²) in [6.45, 7) is 2.36. The number of furan rings is 1. The summed E-state index contributed by atoms with van der Waals surface area (Å²) in [6, 6.07) is 71.2. The van der Waals surface area contributed by atoms with Crippen LogP contribution < -0.4 is 0 Å². The Kier molecular flexibility index (Phi) is 8.18. The van der Waals surface area contributed by atoms with Gasteiger partial charge < -0.3 is 4.42 Å². The van der Waals surface area contributed by atoms with E-state index in [2.05, 4.69) is 171 Å². The number of hydrogen-bond donors (Lipinski definition) is 0. The number of rotatable bonds is 6. The van der Waals surface area contributed by atoms with Gasteiger partial charge in [-0.3, -0.25) is 0 Å². The summed E-state index contributed by atoms with van der Waals surface area (Å²) in [5.74, 6) is 1.30. The molecule has 0 saturated heterocycles. The standard InChI is InChI=1S/C55H38N2O/c1-35-44-22-11-12-23-45(44)53-47(52(35)39-16-7-3-8-17-39)30-29-46-48-33-43(28-31-51(48)58-54(46)53)42-21-13-20-41(32-42)36-24-26-38(27-25-36)50-34-49(37-14-5-2-6-15-37)56-55(57-50)40-18-9-4-10-19-40/h2-35,52H,1H3. The van der Waals surface area contributed by atoms with Crippen LogP contribution in [0.5, 0.6) is 0 Å². The molecular formula is C55H38N2O. The van der Waals surface area contributed by atoms with E-state index in [-0.39, 0.29) is 5.92 Å². The molecule has 0 saturated carbocycles. The van der Waals surface area contributed by atoms with E-state index in [1.165, 1.54) is 27.8 Å². The highest BCUT2D eigenvalue weighted by Gasteiger charge is 2.34. The second-order valence-corrected chi connectivity index (χ2v) is 15.3. The molecule has 1 aliphatic carbocycles. The first-order chi connectivity index (χ1) is 28.7. The number of nitrogens with zero attached hydrogens (tertiary/aromatic N) is 2. The molecule has 58 heavy (non-hydrogen) atoms. The van der Waals surface area contributed by atoms with Gasteiger partial charge in [0.2, 0.25) is 0 Å². The van der Waals surface area contributed by atoms with E-state index in [9.17, 15) is 0 Å². The van der Waals surface area contributed by atoms with Gasteiger partial charge in [-0.15, -0.1) is 0 Å². The lowest BCUT2D eigenvalue weighted by atomic mass is 9.69. The molecule has 0 aliphatic heterocycles. The zero-order valence-electron chi connectivity index (χ0n) is 32.0. The summed E-state index contributed by atoms with van der Waals surface area (Å²) in [4.78, 5) is 10.00. The highest BCUT2D eigenvalue weighted by molar-refractivity contribution is 6.12. The van der Waals surface area contributed by atoms with Crippen molar-refractivity contribution in [2.45, 2.75) is 18.8 Å². The number of benzene rings is 8. The molecule has 0 N–H and O–H groups in total. The van der Waals surface area contributed by atoms with Crippen LogP contribution in [0.2, 0.25) is 0 Å². The lowest BCUT2D eigenvalue weighted by molar-refractivity contribution is 0.640. The van der Waals surface area contributed by atoms with Gasteiger partial charge in [0.05, 0.1) is 11.4 Å². The summed E-state index contributed by atoms with van der Waals surface area (Å²) in [5, 5.41) is 2.28. The fourth-order valence-corrected chi connectivity index (χ4v) is 9.05. The minimum atomic E-state index is 0.246. The molecule has 2 aromatic heterocycles. The van der Waals surface area contributed by atoms with E-state index in [4.69, 9.17) is 14.4 Å². The minimum Gasteiger partial charge on any atom is -0.455 e. The molecular weight excluding hydrogens is 705 g/mol. The molecule has 2 unspecified atom stereocenters. The van der Waals surface area contributed by atoms with Crippen LogP contribution in [0.1, 0.15) is 35.4 Å². The molecule has 10 aromatic rings. The topological polar surface area (TPSA) is 38.9 Å². The quantitative estimate of drug-likeness (QED) is 0.170. The molecule has 2 heterocycles. The Morgan fingerprint density at radius 1 is 0.414 bits per heavy atom. The monoisotopic (exact) mass is 742 g/mol. The zero-order chi connectivity index (χ0) is 38.6. The molecule has 1 aliphatic rings. The van der Waals surface area contributed by atoms with E-state index in [1.807, 2.05) is 36.4 Å². The van der Waals surface area contributed by atoms with Crippen LogP contribution in [0.15, 0.2) is 205 Å². The van der Waals surface area contributed by atoms with Gasteiger partial charge >= 0.3 is 0 Å². The third-order valence-corrected chi connectivity index (χ3v) is 11.9. The summed E-state index contributed by atoms with van der Waals surface area (Å²) in [7, 11) is 0. The second-order valence-electron chi connectivity index (χ2n) is 15.3. The Labute approximate surface area is 338 Å². The third-order valence-electron chi connectivity index (χ3n) is 11.9. The molecule has 2 atom stereocenters. The second kappa shape index (κ2) is 14.0. The van der Waals surface area contributed by atoms with Gasteiger partial charge in [-0.1, -0.05) is 183 Å². The van der Waals surface area contributed by atoms with Crippen molar-refractivity contribution in [3.63, 3.8) is 0 Å². The van der Waals surface area contributed by atoms with Crippen LogP contribution in [0.4, 0.5) is 0 Å². The molecule has 3 nitrogen and oxygen atoms in total. The van der Waals surface area contributed by atoms with E-state index in [0.717, 1.165) is 72.3 Å². The predicted octanol–water partition coefficient (Wildman–Crippen LogP) is 14.6. The molecule has 3 heteroatoms. The SMILES string of the molecule is CC1c2ccccc2-c2c(ccc3c2oc2ccc(-c4cccc(-c5ccc(-c6cc(-c7ccccc7)nc(-c7ccccc7)n6)cc5)c4)cc23)C1c1ccccc1. The average Bonchev–Trinajstić information content (AvgIpc) is 3.68. The van der Waals surface area contributed by atoms with E-state index >= 15 is 0 Å². The maximum absolute atomic E-state index is 6.81. The first kappa shape index (κ1) is 33.9. The van der Waals surface area contributed by atoms with Crippen molar-refractivity contribution in [3.05, 3.63) is 217 Å². The van der Waals surface area contributed by atoms with Crippen LogP contribution in [-0.4, -0.2) is 9.97 Å². The highest BCUT2D eigenvalue weighted by atomic mass is 16.3. The van der Waals surface area contributed by atoms with Crippen LogP contribution >= 0.6 is 0 Å². The number of hydrogen-bond acceptors (Lipinski definition) is 3. The van der Waals surface area contributed by atoms with Gasteiger partial charge in [0.1, 0.15) is 11.2 Å². The smallest absolute Gasteiger partial charge is 0.160 e. The van der Waals surface area contributed by atoms with Crippen molar-refractivity contribution in [2.75, 3.05) is 0 Å². The summed E-state index contributed by atoms with van der Waals surface area (Å²) < 4.78 is 6.81. The fraction of sp³-hybridized carbons (Fsp3) is 0.0545. The van der Waals surface area contributed by atoms with Crippen LogP contribution in [-0.2, 0) is 0 Å². The van der Waals surface area contributed by atoms with Gasteiger partial charge in [0.15, 0.2) is 5.82 Å². The van der Waals surface area contributed by atoms with Crippen LogP contribution in [0.25, 0.3) is 89.2 Å². The largest absolute Gasteiger partial charge is 0.455 e. The van der Waals surface area contributed by atoms with Gasteiger partial charge in [-0.25, -0.2) is 9.97 Å². The predicted molar refractivity (Wildman–Crippen MR) is 239 cm³/mol. The summed E-state index contributed by atoms with van der Waals surface area (Å²) in [6.07, 6.45) is 0. The lowest BCUT2D eigenvalue weighted by Gasteiger charge is -2.34. The highest BCUT2D eigenvalue weighted by Crippen LogP contribution is 2.53. The Hall–Kier alpha value is -7.36. The average molecular weight is 743 g/mol. The molecule has 0 bridgehead atoms. The maximum atomic E-state index is 6.81.